The number of rotatable bonds is 28. The molecule has 0 aliphatic carbocycles. The monoisotopic (exact) mass is 526 g/mol. The summed E-state index contributed by atoms with van der Waals surface area (Å²) < 4.78 is 32.9. The molecular formula is C29H50O8. The Morgan fingerprint density at radius 3 is 1.57 bits per heavy atom. The fourth-order valence-electron chi connectivity index (χ4n) is 3.56. The van der Waals surface area contributed by atoms with E-state index < -0.39 is 5.97 Å². The van der Waals surface area contributed by atoms with Crippen molar-refractivity contribution in [3.05, 3.63) is 29.8 Å². The van der Waals surface area contributed by atoms with E-state index in [9.17, 15) is 4.79 Å². The molecule has 0 bridgehead atoms. The maximum absolute atomic E-state index is 10.4. The molecule has 0 saturated carbocycles. The highest BCUT2D eigenvalue weighted by Crippen LogP contribution is 2.15. The average Bonchev–Trinajstić information content (AvgIpc) is 2.90. The molecule has 0 atom stereocenters. The predicted octanol–water partition coefficient (Wildman–Crippen LogP) is 5.31. The lowest BCUT2D eigenvalue weighted by Crippen LogP contribution is -2.14. The first-order chi connectivity index (χ1) is 18.2. The number of hydrogen-bond acceptors (Lipinski definition) is 7. The summed E-state index contributed by atoms with van der Waals surface area (Å²) in [4.78, 5) is 10.4. The summed E-state index contributed by atoms with van der Waals surface area (Å²) >= 11 is 0. The Balaban J connectivity index is 1.80. The Morgan fingerprint density at radius 2 is 1.05 bits per heavy atom. The number of carboxylic acids is 1. The van der Waals surface area contributed by atoms with Gasteiger partial charge in [0.1, 0.15) is 12.4 Å². The highest BCUT2D eigenvalue weighted by Gasteiger charge is 1.99. The number of ether oxygens (including phenoxy) is 6. The molecule has 0 amide bonds. The van der Waals surface area contributed by atoms with Gasteiger partial charge >= 0.3 is 5.97 Å². The molecule has 0 radical (unpaired) electrons. The molecule has 0 aromatic heterocycles. The zero-order chi connectivity index (χ0) is 26.7. The van der Waals surface area contributed by atoms with Crippen molar-refractivity contribution in [2.75, 3.05) is 72.7 Å². The third kappa shape index (κ3) is 23.2. The molecule has 1 N–H and O–H groups in total. The molecule has 0 saturated heterocycles. The summed E-state index contributed by atoms with van der Waals surface area (Å²) in [5.41, 5.74) is 1.38. The molecular weight excluding hydrogens is 476 g/mol. The summed E-state index contributed by atoms with van der Waals surface area (Å²) in [5.74, 6) is 0.0802. The molecule has 0 heterocycles. The topological polar surface area (TPSA) is 92.7 Å². The Kier molecular flexibility index (Phi) is 23.3. The first-order valence-electron chi connectivity index (χ1n) is 14.0. The second kappa shape index (κ2) is 25.9. The molecule has 0 fully saturated rings. The van der Waals surface area contributed by atoms with Gasteiger partial charge in [0, 0.05) is 13.0 Å². The van der Waals surface area contributed by atoms with Gasteiger partial charge in [0.25, 0.3) is 0 Å². The zero-order valence-electron chi connectivity index (χ0n) is 23.0. The molecule has 0 unspecified atom stereocenters. The third-order valence-electron chi connectivity index (χ3n) is 5.66. The van der Waals surface area contributed by atoms with Crippen LogP contribution < -0.4 is 4.74 Å². The molecule has 0 aliphatic rings. The van der Waals surface area contributed by atoms with Crippen molar-refractivity contribution in [2.24, 2.45) is 0 Å². The second-order valence-corrected chi connectivity index (χ2v) is 8.92. The Labute approximate surface area is 223 Å². The zero-order valence-corrected chi connectivity index (χ0v) is 23.0. The number of aliphatic carboxylic acids is 1. The van der Waals surface area contributed by atoms with E-state index in [2.05, 4.69) is 19.1 Å². The van der Waals surface area contributed by atoms with E-state index in [0.717, 1.165) is 12.2 Å². The van der Waals surface area contributed by atoms with E-state index in [4.69, 9.17) is 33.5 Å². The van der Waals surface area contributed by atoms with Crippen LogP contribution in [0.5, 0.6) is 5.75 Å². The molecule has 1 aromatic rings. The number of aryl methyl sites for hydroxylation is 1. The van der Waals surface area contributed by atoms with E-state index in [1.165, 1.54) is 50.5 Å². The molecule has 214 valence electrons. The minimum Gasteiger partial charge on any atom is -0.491 e. The lowest BCUT2D eigenvalue weighted by atomic mass is 10.0. The Hall–Kier alpha value is -1.71. The van der Waals surface area contributed by atoms with E-state index >= 15 is 0 Å². The Morgan fingerprint density at radius 1 is 0.595 bits per heavy atom. The van der Waals surface area contributed by atoms with Gasteiger partial charge in [-0.3, -0.25) is 4.79 Å². The first kappa shape index (κ1) is 33.3. The standard InChI is InChI=1S/C29H50O8/c1-2-3-4-5-6-7-8-10-27-12-14-28(15-13-27)37-26-25-36-24-23-35-22-21-34-20-19-33-18-17-32-16-9-11-29(30)31/h12-15H,2-11,16-26H2,1H3,(H,30,31). The van der Waals surface area contributed by atoms with Crippen LogP contribution in [0.3, 0.4) is 0 Å². The van der Waals surface area contributed by atoms with Gasteiger partial charge in [0.2, 0.25) is 0 Å². The van der Waals surface area contributed by atoms with Crippen LogP contribution in [0.1, 0.15) is 70.3 Å². The molecule has 1 rings (SSSR count). The second-order valence-electron chi connectivity index (χ2n) is 8.92. The number of benzene rings is 1. The summed E-state index contributed by atoms with van der Waals surface area (Å²) in [6.07, 6.45) is 11.2. The molecule has 37 heavy (non-hydrogen) atoms. The number of unbranched alkanes of at least 4 members (excludes halogenated alkanes) is 6. The lowest BCUT2D eigenvalue weighted by Gasteiger charge is -2.09. The predicted molar refractivity (Wildman–Crippen MR) is 145 cm³/mol. The maximum Gasteiger partial charge on any atom is 0.303 e. The van der Waals surface area contributed by atoms with Gasteiger partial charge in [0.05, 0.1) is 59.5 Å². The molecule has 8 heteroatoms. The van der Waals surface area contributed by atoms with Gasteiger partial charge in [-0.1, -0.05) is 57.6 Å². The molecule has 8 nitrogen and oxygen atoms in total. The Bertz CT molecular complexity index is 623. The largest absolute Gasteiger partial charge is 0.491 e. The number of carboxylic acid groups (broad SMARTS) is 1. The lowest BCUT2D eigenvalue weighted by molar-refractivity contribution is -0.137. The fourth-order valence-corrected chi connectivity index (χ4v) is 3.56. The number of carbonyl (C=O) groups is 1. The van der Waals surface area contributed by atoms with Gasteiger partial charge in [-0.25, -0.2) is 0 Å². The highest BCUT2D eigenvalue weighted by atomic mass is 16.6. The van der Waals surface area contributed by atoms with E-state index in [-0.39, 0.29) is 6.42 Å². The van der Waals surface area contributed by atoms with Crippen LogP contribution in [0.25, 0.3) is 0 Å². The van der Waals surface area contributed by atoms with E-state index in [1.54, 1.807) is 0 Å². The molecule has 0 aliphatic heterocycles. The van der Waals surface area contributed by atoms with Crippen LogP contribution in [0.2, 0.25) is 0 Å². The highest BCUT2D eigenvalue weighted by molar-refractivity contribution is 5.66. The van der Waals surface area contributed by atoms with Crippen LogP contribution in [0.15, 0.2) is 24.3 Å². The van der Waals surface area contributed by atoms with Gasteiger partial charge in [-0.15, -0.1) is 0 Å². The van der Waals surface area contributed by atoms with Crippen molar-refractivity contribution in [2.45, 2.75) is 71.1 Å². The quantitative estimate of drug-likeness (QED) is 0.147. The summed E-state index contributed by atoms with van der Waals surface area (Å²) in [7, 11) is 0. The van der Waals surface area contributed by atoms with Crippen molar-refractivity contribution in [3.8, 4) is 5.75 Å². The van der Waals surface area contributed by atoms with Crippen LogP contribution in [0, 0.1) is 0 Å². The van der Waals surface area contributed by atoms with Gasteiger partial charge in [-0.2, -0.15) is 0 Å². The van der Waals surface area contributed by atoms with Gasteiger partial charge in [-0.05, 0) is 37.0 Å². The number of hydrogen-bond donors (Lipinski definition) is 1. The van der Waals surface area contributed by atoms with E-state index in [1.807, 2.05) is 12.1 Å². The first-order valence-corrected chi connectivity index (χ1v) is 14.0. The van der Waals surface area contributed by atoms with Crippen LogP contribution in [-0.4, -0.2) is 83.8 Å². The van der Waals surface area contributed by atoms with Crippen molar-refractivity contribution in [3.63, 3.8) is 0 Å². The van der Waals surface area contributed by atoms with Gasteiger partial charge in [0.15, 0.2) is 0 Å². The normalized spacial score (nSPS) is 11.2. The third-order valence-corrected chi connectivity index (χ3v) is 5.66. The SMILES string of the molecule is CCCCCCCCCc1ccc(OCCOCCOCCOCCOCCOCCCC(=O)O)cc1. The van der Waals surface area contributed by atoms with Crippen LogP contribution >= 0.6 is 0 Å². The van der Waals surface area contributed by atoms with E-state index in [0.29, 0.717) is 79.1 Å². The van der Waals surface area contributed by atoms with Crippen molar-refractivity contribution < 1.29 is 38.3 Å². The van der Waals surface area contributed by atoms with Gasteiger partial charge < -0.3 is 33.5 Å². The van der Waals surface area contributed by atoms with Crippen LogP contribution in [-0.2, 0) is 34.9 Å². The summed E-state index contributed by atoms with van der Waals surface area (Å²) in [5, 5.41) is 8.52. The molecule has 0 spiro atoms. The average molecular weight is 527 g/mol. The van der Waals surface area contributed by atoms with Crippen molar-refractivity contribution >= 4 is 5.97 Å². The minimum absolute atomic E-state index is 0.131. The summed E-state index contributed by atoms with van der Waals surface area (Å²) in [6, 6.07) is 8.42. The van der Waals surface area contributed by atoms with Crippen molar-refractivity contribution in [1.29, 1.82) is 0 Å². The maximum atomic E-state index is 10.4. The fraction of sp³-hybridized carbons (Fsp3) is 0.759. The summed E-state index contributed by atoms with van der Waals surface area (Å²) in [6.45, 7) is 7.72. The minimum atomic E-state index is -0.802. The van der Waals surface area contributed by atoms with Crippen LogP contribution in [0.4, 0.5) is 0 Å². The smallest absolute Gasteiger partial charge is 0.303 e. The van der Waals surface area contributed by atoms with Crippen molar-refractivity contribution in [1.82, 2.24) is 0 Å². The molecule has 1 aromatic carbocycles.